The molecule has 0 spiro atoms. The van der Waals surface area contributed by atoms with Crippen molar-refractivity contribution in [3.8, 4) is 5.75 Å². The molecule has 0 bridgehead atoms. The Balaban J connectivity index is 1.68. The zero-order valence-corrected chi connectivity index (χ0v) is 23.9. The van der Waals surface area contributed by atoms with Crippen molar-refractivity contribution in [1.82, 2.24) is 9.55 Å². The Hall–Kier alpha value is -4.46. The van der Waals surface area contributed by atoms with Crippen LogP contribution in [0.2, 0.25) is 0 Å². The molecule has 1 N–H and O–H groups in total. The van der Waals surface area contributed by atoms with E-state index in [9.17, 15) is 14.4 Å². The second-order valence-corrected chi connectivity index (χ2v) is 9.92. The van der Waals surface area contributed by atoms with Gasteiger partial charge in [-0.05, 0) is 49.2 Å². The molecule has 4 rings (SSSR count). The van der Waals surface area contributed by atoms with Crippen molar-refractivity contribution < 1.29 is 19.1 Å². The number of hydrogen-bond donors (Lipinski definition) is 1. The van der Waals surface area contributed by atoms with Crippen LogP contribution in [0, 0.1) is 0 Å². The molecule has 0 radical (unpaired) electrons. The molecule has 214 valence electrons. The summed E-state index contributed by atoms with van der Waals surface area (Å²) in [4.78, 5) is 44.2. The summed E-state index contributed by atoms with van der Waals surface area (Å²) in [7, 11) is 1.49. The zero-order chi connectivity index (χ0) is 29.2. The summed E-state index contributed by atoms with van der Waals surface area (Å²) >= 11 is 0. The third kappa shape index (κ3) is 7.39. The summed E-state index contributed by atoms with van der Waals surface area (Å²) in [6.45, 7) is 4.55. The van der Waals surface area contributed by atoms with Crippen LogP contribution < -0.4 is 15.6 Å². The molecule has 41 heavy (non-hydrogen) atoms. The van der Waals surface area contributed by atoms with Crippen LogP contribution in [-0.2, 0) is 22.5 Å². The number of ether oxygens (including phenoxy) is 2. The Morgan fingerprint density at radius 1 is 0.976 bits per heavy atom. The van der Waals surface area contributed by atoms with Gasteiger partial charge in [-0.25, -0.2) is 9.78 Å². The van der Waals surface area contributed by atoms with Crippen molar-refractivity contribution in [2.45, 2.75) is 58.4 Å². The number of unbranched alkanes of at least 4 members (excludes halogenated alkanes) is 2. The minimum Gasteiger partial charge on any atom is -0.495 e. The number of esters is 1. The molecule has 4 aromatic rings. The molecule has 8 nitrogen and oxygen atoms in total. The molecule has 3 aromatic carbocycles. The highest BCUT2D eigenvalue weighted by Crippen LogP contribution is 2.27. The smallest absolute Gasteiger partial charge is 0.338 e. The average molecular weight is 556 g/mol. The maximum atomic E-state index is 13.8. The van der Waals surface area contributed by atoms with Gasteiger partial charge in [0.25, 0.3) is 5.56 Å². The Morgan fingerprint density at radius 3 is 2.46 bits per heavy atom. The van der Waals surface area contributed by atoms with Gasteiger partial charge in [-0.15, -0.1) is 0 Å². The van der Waals surface area contributed by atoms with Crippen LogP contribution >= 0.6 is 0 Å². The summed E-state index contributed by atoms with van der Waals surface area (Å²) < 4.78 is 12.1. The van der Waals surface area contributed by atoms with E-state index >= 15 is 0 Å². The van der Waals surface area contributed by atoms with Crippen LogP contribution in [0.5, 0.6) is 5.75 Å². The van der Waals surface area contributed by atoms with Gasteiger partial charge in [0.2, 0.25) is 5.91 Å². The quantitative estimate of drug-likeness (QED) is 0.157. The monoisotopic (exact) mass is 555 g/mol. The van der Waals surface area contributed by atoms with Crippen molar-refractivity contribution in [3.63, 3.8) is 0 Å². The molecule has 1 amide bonds. The highest BCUT2D eigenvalue weighted by Gasteiger charge is 2.20. The minimum atomic E-state index is -0.495. The van der Waals surface area contributed by atoms with Crippen molar-refractivity contribution >= 4 is 28.5 Å². The lowest BCUT2D eigenvalue weighted by molar-refractivity contribution is -0.115. The molecule has 1 heterocycles. The number of nitrogens with zero attached hydrogens (tertiary/aromatic N) is 2. The standard InChI is InChI=1S/C33H37N3O5/c1-4-6-8-15-25(23-13-9-7-10-14-23)22-36-30(34-27-17-12-11-16-26(27)32(36)38)21-31(37)35-28-20-24(33(39)41-5-2)18-19-29(28)40-3/h7,9-14,16-20,25H,4-6,8,15,21-22H2,1-3H3,(H,35,37). The van der Waals surface area contributed by atoms with Crippen LogP contribution in [0.3, 0.4) is 0 Å². The third-order valence-corrected chi connectivity index (χ3v) is 7.07. The van der Waals surface area contributed by atoms with Crippen molar-refractivity contribution in [3.05, 3.63) is 100 Å². The SMILES string of the molecule is CCCCCC(Cn1c(CC(=O)Nc2cc(C(=O)OCC)ccc2OC)nc2ccccc2c1=O)c1ccccc1. The van der Waals surface area contributed by atoms with E-state index in [0.717, 1.165) is 31.2 Å². The van der Waals surface area contributed by atoms with Gasteiger partial charge in [-0.1, -0.05) is 68.7 Å². The van der Waals surface area contributed by atoms with Crippen LogP contribution in [0.4, 0.5) is 5.69 Å². The fourth-order valence-electron chi connectivity index (χ4n) is 4.97. The van der Waals surface area contributed by atoms with E-state index in [4.69, 9.17) is 14.5 Å². The normalized spacial score (nSPS) is 11.7. The number of para-hydroxylation sites is 1. The van der Waals surface area contributed by atoms with E-state index in [0.29, 0.717) is 40.3 Å². The number of fused-ring (bicyclic) bond motifs is 1. The van der Waals surface area contributed by atoms with E-state index in [-0.39, 0.29) is 30.4 Å². The van der Waals surface area contributed by atoms with Crippen LogP contribution in [0.25, 0.3) is 10.9 Å². The van der Waals surface area contributed by atoms with Crippen molar-refractivity contribution in [1.29, 1.82) is 0 Å². The van der Waals surface area contributed by atoms with Crippen LogP contribution in [0.15, 0.2) is 77.6 Å². The Bertz CT molecular complexity index is 1550. The van der Waals surface area contributed by atoms with Crippen LogP contribution in [-0.4, -0.2) is 35.1 Å². The summed E-state index contributed by atoms with van der Waals surface area (Å²) in [5, 5.41) is 3.36. The molecule has 0 aliphatic carbocycles. The van der Waals surface area contributed by atoms with E-state index in [1.165, 1.54) is 13.2 Å². The average Bonchev–Trinajstić information content (AvgIpc) is 2.98. The molecular weight excluding hydrogens is 518 g/mol. The lowest BCUT2D eigenvalue weighted by atomic mass is 9.93. The predicted molar refractivity (Wildman–Crippen MR) is 161 cm³/mol. The number of amides is 1. The second kappa shape index (κ2) is 14.3. The van der Waals surface area contributed by atoms with Gasteiger partial charge in [0.05, 0.1) is 42.3 Å². The number of rotatable bonds is 13. The van der Waals surface area contributed by atoms with Gasteiger partial charge in [-0.2, -0.15) is 0 Å². The molecule has 0 saturated carbocycles. The van der Waals surface area contributed by atoms with E-state index < -0.39 is 5.97 Å². The van der Waals surface area contributed by atoms with Crippen LogP contribution in [0.1, 0.15) is 67.2 Å². The molecule has 0 fully saturated rings. The first-order valence-electron chi connectivity index (χ1n) is 14.1. The number of carbonyl (C=O) groups is 2. The maximum absolute atomic E-state index is 13.8. The maximum Gasteiger partial charge on any atom is 0.338 e. The Labute approximate surface area is 240 Å². The lowest BCUT2D eigenvalue weighted by Crippen LogP contribution is -2.30. The number of anilines is 1. The van der Waals surface area contributed by atoms with Gasteiger partial charge in [0.1, 0.15) is 11.6 Å². The second-order valence-electron chi connectivity index (χ2n) is 9.92. The van der Waals surface area contributed by atoms with E-state index in [1.807, 2.05) is 30.3 Å². The minimum absolute atomic E-state index is 0.0894. The van der Waals surface area contributed by atoms with Gasteiger partial charge >= 0.3 is 5.97 Å². The molecular formula is C33H37N3O5. The molecule has 1 aromatic heterocycles. The number of aromatic nitrogens is 2. The number of benzene rings is 3. The number of hydrogen-bond acceptors (Lipinski definition) is 6. The molecule has 8 heteroatoms. The number of methoxy groups -OCH3 is 1. The topological polar surface area (TPSA) is 99.5 Å². The predicted octanol–water partition coefficient (Wildman–Crippen LogP) is 6.13. The highest BCUT2D eigenvalue weighted by atomic mass is 16.5. The largest absolute Gasteiger partial charge is 0.495 e. The fourth-order valence-corrected chi connectivity index (χ4v) is 4.97. The number of carbonyl (C=O) groups excluding carboxylic acids is 2. The summed E-state index contributed by atoms with van der Waals surface area (Å²) in [6, 6.07) is 22.1. The Kier molecular flexibility index (Phi) is 10.3. The zero-order valence-electron chi connectivity index (χ0n) is 23.9. The van der Waals surface area contributed by atoms with E-state index in [2.05, 4.69) is 24.4 Å². The van der Waals surface area contributed by atoms with Gasteiger partial charge in [0, 0.05) is 12.5 Å². The number of nitrogens with one attached hydrogen (secondary N) is 1. The fraction of sp³-hybridized carbons (Fsp3) is 0.333. The first-order valence-corrected chi connectivity index (χ1v) is 14.1. The van der Waals surface area contributed by atoms with Gasteiger partial charge in [0.15, 0.2) is 0 Å². The highest BCUT2D eigenvalue weighted by molar-refractivity contribution is 5.96. The third-order valence-electron chi connectivity index (χ3n) is 7.07. The Morgan fingerprint density at radius 2 is 1.73 bits per heavy atom. The molecule has 0 aliphatic rings. The molecule has 0 aliphatic heterocycles. The van der Waals surface area contributed by atoms with Gasteiger partial charge in [-0.3, -0.25) is 14.2 Å². The lowest BCUT2D eigenvalue weighted by Gasteiger charge is -2.21. The van der Waals surface area contributed by atoms with Crippen molar-refractivity contribution in [2.24, 2.45) is 0 Å². The van der Waals surface area contributed by atoms with Gasteiger partial charge < -0.3 is 14.8 Å². The van der Waals surface area contributed by atoms with E-state index in [1.54, 1.807) is 35.8 Å². The summed E-state index contributed by atoms with van der Waals surface area (Å²) in [6.07, 6.45) is 4.03. The summed E-state index contributed by atoms with van der Waals surface area (Å²) in [5.74, 6) is -0.0155. The first kappa shape index (κ1) is 29.5. The molecule has 0 saturated heterocycles. The molecule has 1 atom stereocenters. The first-order chi connectivity index (χ1) is 19.9. The summed E-state index contributed by atoms with van der Waals surface area (Å²) in [5.41, 5.74) is 2.15. The van der Waals surface area contributed by atoms with Crippen molar-refractivity contribution in [2.75, 3.05) is 19.0 Å². The molecule has 1 unspecified atom stereocenters.